The lowest BCUT2D eigenvalue weighted by Crippen LogP contribution is -2.33. The Hall–Kier alpha value is -3.40. The van der Waals surface area contributed by atoms with Crippen molar-refractivity contribution in [1.82, 2.24) is 15.0 Å². The normalized spacial score (nSPS) is 20.8. The number of fused-ring (bicyclic) bond motifs is 2. The average Bonchev–Trinajstić information content (AvgIpc) is 3.21. The molecule has 4 aromatic rings. The second-order valence-electron chi connectivity index (χ2n) is 8.74. The van der Waals surface area contributed by atoms with Crippen molar-refractivity contribution in [3.63, 3.8) is 0 Å². The van der Waals surface area contributed by atoms with E-state index in [2.05, 4.69) is 19.8 Å². The lowest BCUT2D eigenvalue weighted by atomic mass is 9.70. The lowest BCUT2D eigenvalue weighted by Gasteiger charge is -2.33. The van der Waals surface area contributed by atoms with Crippen molar-refractivity contribution in [1.29, 1.82) is 0 Å². The number of benzene rings is 2. The van der Waals surface area contributed by atoms with Gasteiger partial charge in [-0.1, -0.05) is 0 Å². The Morgan fingerprint density at radius 1 is 1.00 bits per heavy atom. The number of rotatable bonds is 3. The molecular formula is C25H21F3N4. The topological polar surface area (TPSA) is 45.9 Å². The molecule has 1 unspecified atom stereocenters. The second-order valence-corrected chi connectivity index (χ2v) is 8.74. The Bertz CT molecular complexity index is 1330. The molecule has 1 N–H and O–H groups in total. The molecule has 162 valence electrons. The Morgan fingerprint density at radius 2 is 1.75 bits per heavy atom. The molecule has 7 heteroatoms. The van der Waals surface area contributed by atoms with Crippen molar-refractivity contribution in [3.05, 3.63) is 82.9 Å². The molecule has 0 saturated heterocycles. The Labute approximate surface area is 183 Å². The summed E-state index contributed by atoms with van der Waals surface area (Å²) in [5.74, 6) is -1.45. The molecule has 0 aliphatic heterocycles. The van der Waals surface area contributed by atoms with Gasteiger partial charge in [-0.15, -0.1) is 0 Å². The number of aromatic nitrogens is 3. The fraction of sp³-hybridized carbons (Fsp3) is 0.320. The quantitative estimate of drug-likeness (QED) is 0.368. The van der Waals surface area contributed by atoms with E-state index in [1.807, 2.05) is 13.0 Å². The molecule has 5 rings (SSSR count). The molecule has 2 aromatic heterocycles. The molecule has 1 atom stereocenters. The lowest BCUT2D eigenvalue weighted by molar-refractivity contribution is 0.235. The highest BCUT2D eigenvalue weighted by Crippen LogP contribution is 2.46. The first-order chi connectivity index (χ1) is 15.4. The zero-order valence-electron chi connectivity index (χ0n) is 17.5. The maximum atomic E-state index is 13.9. The van der Waals surface area contributed by atoms with Crippen LogP contribution in [0.15, 0.2) is 42.6 Å². The van der Waals surface area contributed by atoms with Gasteiger partial charge in [0.2, 0.25) is 0 Å². The van der Waals surface area contributed by atoms with Gasteiger partial charge in [-0.3, -0.25) is 4.98 Å². The minimum Gasteiger partial charge on any atom is -0.335 e. The third kappa shape index (κ3) is 3.31. The summed E-state index contributed by atoms with van der Waals surface area (Å²) in [6.07, 6.45) is 5.06. The molecule has 1 aliphatic carbocycles. The van der Waals surface area contributed by atoms with Crippen LogP contribution in [-0.2, 0) is 5.54 Å². The predicted molar refractivity (Wildman–Crippen MR) is 116 cm³/mol. The van der Waals surface area contributed by atoms with Gasteiger partial charge >= 0.3 is 0 Å². The van der Waals surface area contributed by atoms with Crippen LogP contribution in [0, 0.1) is 29.9 Å². The minimum atomic E-state index is -0.957. The number of nitrogens with one attached hydrogen (secondary N) is 1. The summed E-state index contributed by atoms with van der Waals surface area (Å²) < 4.78 is 41.1. The number of halogens is 3. The monoisotopic (exact) mass is 434 g/mol. The summed E-state index contributed by atoms with van der Waals surface area (Å²) in [4.78, 5) is 15.7. The highest BCUT2D eigenvalue weighted by molar-refractivity contribution is 5.82. The highest BCUT2D eigenvalue weighted by Gasteiger charge is 2.46. The first-order valence-corrected chi connectivity index (χ1v) is 10.7. The van der Waals surface area contributed by atoms with Crippen molar-refractivity contribution >= 4 is 21.9 Å². The van der Waals surface area contributed by atoms with Gasteiger partial charge in [-0.25, -0.2) is 24.7 Å². The average molecular weight is 434 g/mol. The number of hydrogen-bond acceptors (Lipinski definition) is 2. The Balaban J connectivity index is 1.42. The van der Waals surface area contributed by atoms with Gasteiger partial charge in [-0.05, 0) is 61.4 Å². The standard InChI is InChI=1S/C25H21F3N4/c1-25(29-2,24-31-22-12-19(27)20(28)13-23(22)32-24)15-5-3-14(4-6-15)17-9-10-30-21-8-7-16(26)11-18(17)21/h7-15H,3-6H2,1H3,(H,31,32). The maximum absolute atomic E-state index is 13.9. The van der Waals surface area contributed by atoms with Crippen LogP contribution in [0.1, 0.15) is 49.9 Å². The first-order valence-electron chi connectivity index (χ1n) is 10.7. The molecular weight excluding hydrogens is 413 g/mol. The van der Waals surface area contributed by atoms with E-state index in [9.17, 15) is 13.2 Å². The Kier molecular flexibility index (Phi) is 4.89. The predicted octanol–water partition coefficient (Wildman–Crippen LogP) is 6.64. The van der Waals surface area contributed by atoms with E-state index in [-0.39, 0.29) is 17.7 Å². The zero-order valence-corrected chi connectivity index (χ0v) is 17.5. The number of nitrogens with zero attached hydrogens (tertiary/aromatic N) is 3. The van der Waals surface area contributed by atoms with E-state index in [1.165, 1.54) is 6.07 Å². The molecule has 2 aromatic carbocycles. The van der Waals surface area contributed by atoms with E-state index in [0.29, 0.717) is 16.9 Å². The molecule has 0 radical (unpaired) electrons. The van der Waals surface area contributed by atoms with Gasteiger partial charge in [0, 0.05) is 36.6 Å². The van der Waals surface area contributed by atoms with Crippen LogP contribution in [0.3, 0.4) is 0 Å². The van der Waals surface area contributed by atoms with E-state index >= 15 is 0 Å². The van der Waals surface area contributed by atoms with Crippen LogP contribution in [0.4, 0.5) is 13.2 Å². The van der Waals surface area contributed by atoms with Gasteiger partial charge in [-0.2, -0.15) is 0 Å². The maximum Gasteiger partial charge on any atom is 0.289 e. The van der Waals surface area contributed by atoms with Crippen molar-refractivity contribution in [2.24, 2.45) is 5.92 Å². The SMILES string of the molecule is [C-]#[N+]C(C)(c1nc2cc(F)c(F)cc2[nH]1)C1CCC(c2ccnc3ccc(F)cc23)CC1. The number of imidazole rings is 1. The molecule has 1 saturated carbocycles. The van der Waals surface area contributed by atoms with Crippen molar-refractivity contribution < 1.29 is 13.2 Å². The minimum absolute atomic E-state index is 0.0383. The van der Waals surface area contributed by atoms with Gasteiger partial charge < -0.3 is 9.83 Å². The summed E-state index contributed by atoms with van der Waals surface area (Å²) in [5, 5.41) is 0.838. The van der Waals surface area contributed by atoms with Gasteiger partial charge in [0.05, 0.1) is 16.6 Å². The molecule has 32 heavy (non-hydrogen) atoms. The molecule has 0 bridgehead atoms. The third-order valence-electron chi connectivity index (χ3n) is 6.93. The highest BCUT2D eigenvalue weighted by atomic mass is 19.2. The number of H-pyrrole nitrogens is 1. The smallest absolute Gasteiger partial charge is 0.289 e. The van der Waals surface area contributed by atoms with Crippen LogP contribution >= 0.6 is 0 Å². The fourth-order valence-electron chi connectivity index (χ4n) is 5.04. The summed E-state index contributed by atoms with van der Waals surface area (Å²) in [6.45, 7) is 9.74. The van der Waals surface area contributed by atoms with Crippen LogP contribution in [0.25, 0.3) is 26.8 Å². The third-order valence-corrected chi connectivity index (χ3v) is 6.93. The Morgan fingerprint density at radius 3 is 2.50 bits per heavy atom. The van der Waals surface area contributed by atoms with Crippen LogP contribution in [-0.4, -0.2) is 15.0 Å². The van der Waals surface area contributed by atoms with Crippen molar-refractivity contribution in [3.8, 4) is 0 Å². The van der Waals surface area contributed by atoms with E-state index in [4.69, 9.17) is 6.57 Å². The van der Waals surface area contributed by atoms with Crippen molar-refractivity contribution in [2.45, 2.75) is 44.1 Å². The van der Waals surface area contributed by atoms with Gasteiger partial charge in [0.15, 0.2) is 17.5 Å². The first kappa shape index (κ1) is 20.5. The number of hydrogen-bond donors (Lipinski definition) is 1. The van der Waals surface area contributed by atoms with E-state index in [1.54, 1.807) is 18.3 Å². The van der Waals surface area contributed by atoms with E-state index < -0.39 is 17.2 Å². The summed E-state index contributed by atoms with van der Waals surface area (Å²) >= 11 is 0. The fourth-order valence-corrected chi connectivity index (χ4v) is 5.04. The van der Waals surface area contributed by atoms with E-state index in [0.717, 1.165) is 54.3 Å². The van der Waals surface area contributed by atoms with Gasteiger partial charge in [0.1, 0.15) is 5.82 Å². The second kappa shape index (κ2) is 7.63. The molecule has 0 amide bonds. The van der Waals surface area contributed by atoms with Crippen LogP contribution in [0.2, 0.25) is 0 Å². The van der Waals surface area contributed by atoms with Gasteiger partial charge in [0.25, 0.3) is 5.54 Å². The zero-order chi connectivity index (χ0) is 22.5. The van der Waals surface area contributed by atoms with Crippen LogP contribution in [0.5, 0.6) is 0 Å². The number of aromatic amines is 1. The molecule has 2 heterocycles. The molecule has 4 nitrogen and oxygen atoms in total. The summed E-state index contributed by atoms with van der Waals surface area (Å²) in [5.41, 5.74) is 1.63. The largest absolute Gasteiger partial charge is 0.335 e. The molecule has 1 fully saturated rings. The molecule has 0 spiro atoms. The molecule has 1 aliphatic rings. The van der Waals surface area contributed by atoms with Crippen LogP contribution < -0.4 is 0 Å². The van der Waals surface area contributed by atoms with Crippen molar-refractivity contribution in [2.75, 3.05) is 0 Å². The number of pyridine rings is 1. The summed E-state index contributed by atoms with van der Waals surface area (Å²) in [6, 6.07) is 8.75. The summed E-state index contributed by atoms with van der Waals surface area (Å²) in [7, 11) is 0.